The quantitative estimate of drug-likeness (QED) is 0.679. The van der Waals surface area contributed by atoms with Gasteiger partial charge in [0.1, 0.15) is 17.3 Å². The molecule has 24 heavy (non-hydrogen) atoms. The van der Waals surface area contributed by atoms with Gasteiger partial charge in [-0.3, -0.25) is 9.59 Å². The maximum atomic E-state index is 12.8. The fraction of sp³-hybridized carbons (Fsp3) is 0.250. The van der Waals surface area contributed by atoms with Crippen molar-refractivity contribution in [2.24, 2.45) is 0 Å². The standard InChI is InChI=1S/C16H19FN2O4S/c1-3-9-19(10-4-2)16(21)12-24(22,23)11-15(20)18-14-7-5-13(17)6-8-14/h3-8H,1-2,9-12H2,(H,18,20). The van der Waals surface area contributed by atoms with Crippen LogP contribution >= 0.6 is 0 Å². The summed E-state index contributed by atoms with van der Waals surface area (Å²) < 4.78 is 36.8. The van der Waals surface area contributed by atoms with E-state index in [1.54, 1.807) is 0 Å². The summed E-state index contributed by atoms with van der Waals surface area (Å²) >= 11 is 0. The zero-order valence-electron chi connectivity index (χ0n) is 13.1. The van der Waals surface area contributed by atoms with Gasteiger partial charge in [0.15, 0.2) is 9.84 Å². The molecule has 0 fully saturated rings. The van der Waals surface area contributed by atoms with Crippen molar-refractivity contribution in [3.05, 3.63) is 55.4 Å². The van der Waals surface area contributed by atoms with Gasteiger partial charge in [-0.05, 0) is 24.3 Å². The van der Waals surface area contributed by atoms with Gasteiger partial charge >= 0.3 is 0 Å². The van der Waals surface area contributed by atoms with Gasteiger partial charge in [0, 0.05) is 18.8 Å². The molecule has 0 bridgehead atoms. The topological polar surface area (TPSA) is 83.6 Å². The van der Waals surface area contributed by atoms with Gasteiger partial charge in [-0.2, -0.15) is 0 Å². The lowest BCUT2D eigenvalue weighted by atomic mass is 10.3. The number of hydrogen-bond acceptors (Lipinski definition) is 4. The van der Waals surface area contributed by atoms with Crippen molar-refractivity contribution in [1.82, 2.24) is 4.90 Å². The van der Waals surface area contributed by atoms with Gasteiger partial charge in [0.25, 0.3) is 0 Å². The summed E-state index contributed by atoms with van der Waals surface area (Å²) in [7, 11) is -3.94. The molecule has 1 N–H and O–H groups in total. The molecule has 0 aromatic heterocycles. The highest BCUT2D eigenvalue weighted by Gasteiger charge is 2.23. The second kappa shape index (κ2) is 8.97. The molecule has 0 spiro atoms. The number of carbonyl (C=O) groups is 2. The minimum Gasteiger partial charge on any atom is -0.334 e. The normalized spacial score (nSPS) is 10.7. The Hall–Kier alpha value is -2.48. The van der Waals surface area contributed by atoms with Crippen LogP contribution in [-0.2, 0) is 19.4 Å². The fourth-order valence-corrected chi connectivity index (χ4v) is 2.98. The Morgan fingerprint density at radius 1 is 1.08 bits per heavy atom. The maximum Gasteiger partial charge on any atom is 0.239 e. The van der Waals surface area contributed by atoms with Gasteiger partial charge < -0.3 is 10.2 Å². The highest BCUT2D eigenvalue weighted by molar-refractivity contribution is 7.92. The molecular weight excluding hydrogens is 335 g/mol. The second-order valence-corrected chi connectivity index (χ2v) is 7.03. The number of hydrogen-bond donors (Lipinski definition) is 1. The number of sulfone groups is 1. The van der Waals surface area contributed by atoms with Crippen molar-refractivity contribution in [3.8, 4) is 0 Å². The lowest BCUT2D eigenvalue weighted by Crippen LogP contribution is -2.38. The number of nitrogens with zero attached hydrogens (tertiary/aromatic N) is 1. The third-order valence-corrected chi connectivity index (χ3v) is 4.26. The van der Waals surface area contributed by atoms with E-state index in [9.17, 15) is 22.4 Å². The molecule has 6 nitrogen and oxygen atoms in total. The molecule has 8 heteroatoms. The second-order valence-electron chi connectivity index (χ2n) is 4.96. The van der Waals surface area contributed by atoms with Crippen molar-refractivity contribution in [1.29, 1.82) is 0 Å². The van der Waals surface area contributed by atoms with Gasteiger partial charge in [0.05, 0.1) is 0 Å². The fourth-order valence-electron chi connectivity index (χ4n) is 1.85. The lowest BCUT2D eigenvalue weighted by Gasteiger charge is -2.19. The predicted molar refractivity (Wildman–Crippen MR) is 90.7 cm³/mol. The molecule has 0 aliphatic heterocycles. The first-order chi connectivity index (χ1) is 11.3. The first kappa shape index (κ1) is 19.6. The predicted octanol–water partition coefficient (Wildman–Crippen LogP) is 1.38. The molecule has 0 aliphatic carbocycles. The lowest BCUT2D eigenvalue weighted by molar-refractivity contribution is -0.127. The summed E-state index contributed by atoms with van der Waals surface area (Å²) in [6.07, 6.45) is 2.94. The average Bonchev–Trinajstić information content (AvgIpc) is 2.48. The Labute approximate surface area is 140 Å². The molecule has 0 atom stereocenters. The highest BCUT2D eigenvalue weighted by atomic mass is 32.2. The Morgan fingerprint density at radius 3 is 2.12 bits per heavy atom. The Balaban J connectivity index is 2.65. The molecule has 0 radical (unpaired) electrons. The summed E-state index contributed by atoms with van der Waals surface area (Å²) in [4.78, 5) is 25.0. The zero-order valence-corrected chi connectivity index (χ0v) is 13.9. The van der Waals surface area contributed by atoms with Crippen molar-refractivity contribution in [2.45, 2.75) is 0 Å². The van der Waals surface area contributed by atoms with Crippen molar-refractivity contribution >= 4 is 27.3 Å². The van der Waals surface area contributed by atoms with Crippen LogP contribution < -0.4 is 5.32 Å². The molecule has 2 amide bonds. The summed E-state index contributed by atoms with van der Waals surface area (Å²) in [6.45, 7) is 7.35. The van der Waals surface area contributed by atoms with E-state index >= 15 is 0 Å². The van der Waals surface area contributed by atoms with E-state index < -0.39 is 39.0 Å². The van der Waals surface area contributed by atoms with E-state index in [4.69, 9.17) is 0 Å². The maximum absolute atomic E-state index is 12.8. The number of amides is 2. The third-order valence-electron chi connectivity index (χ3n) is 2.87. The van der Waals surface area contributed by atoms with Gasteiger partial charge in [-0.15, -0.1) is 13.2 Å². The monoisotopic (exact) mass is 354 g/mol. The van der Waals surface area contributed by atoms with Crippen LogP contribution in [0.2, 0.25) is 0 Å². The van der Waals surface area contributed by atoms with E-state index in [0.717, 1.165) is 12.1 Å². The Bertz CT molecular complexity index is 704. The summed E-state index contributed by atoms with van der Waals surface area (Å²) in [5, 5.41) is 2.34. The largest absolute Gasteiger partial charge is 0.334 e. The van der Waals surface area contributed by atoms with Crippen LogP contribution in [0.1, 0.15) is 0 Å². The van der Waals surface area contributed by atoms with E-state index in [-0.39, 0.29) is 18.8 Å². The number of halogens is 1. The van der Waals surface area contributed by atoms with E-state index in [1.807, 2.05) is 0 Å². The van der Waals surface area contributed by atoms with Gasteiger partial charge in [-0.25, -0.2) is 12.8 Å². The first-order valence-electron chi connectivity index (χ1n) is 7.03. The molecule has 0 unspecified atom stereocenters. The molecule has 0 aliphatic rings. The van der Waals surface area contributed by atoms with Crippen LogP contribution in [0.4, 0.5) is 10.1 Å². The number of nitrogens with one attached hydrogen (secondary N) is 1. The van der Waals surface area contributed by atoms with Crippen LogP contribution in [0.5, 0.6) is 0 Å². The van der Waals surface area contributed by atoms with E-state index in [0.29, 0.717) is 0 Å². The highest BCUT2D eigenvalue weighted by Crippen LogP contribution is 2.08. The molecular formula is C16H19FN2O4S. The molecule has 1 aromatic rings. The van der Waals surface area contributed by atoms with E-state index in [1.165, 1.54) is 29.2 Å². The van der Waals surface area contributed by atoms with Gasteiger partial charge in [-0.1, -0.05) is 12.2 Å². The molecule has 0 saturated heterocycles. The minimum absolute atomic E-state index is 0.183. The Kier molecular flexibility index (Phi) is 7.31. The Morgan fingerprint density at radius 2 is 1.62 bits per heavy atom. The summed E-state index contributed by atoms with van der Waals surface area (Å²) in [6, 6.07) is 4.88. The summed E-state index contributed by atoms with van der Waals surface area (Å²) in [5.74, 6) is -3.54. The number of benzene rings is 1. The van der Waals surface area contributed by atoms with Crippen molar-refractivity contribution < 1.29 is 22.4 Å². The molecule has 1 aromatic carbocycles. The van der Waals surface area contributed by atoms with Gasteiger partial charge in [0.2, 0.25) is 11.8 Å². The third kappa shape index (κ3) is 6.74. The number of carbonyl (C=O) groups excluding carboxylic acids is 2. The molecule has 0 saturated carbocycles. The van der Waals surface area contributed by atoms with Crippen molar-refractivity contribution in [3.63, 3.8) is 0 Å². The zero-order chi connectivity index (χ0) is 18.2. The summed E-state index contributed by atoms with van der Waals surface area (Å²) in [5.41, 5.74) is 0.267. The van der Waals surface area contributed by atoms with Crippen LogP contribution in [0.3, 0.4) is 0 Å². The molecule has 130 valence electrons. The molecule has 1 rings (SSSR count). The minimum atomic E-state index is -3.94. The van der Waals surface area contributed by atoms with Crippen molar-refractivity contribution in [2.75, 3.05) is 29.9 Å². The SMILES string of the molecule is C=CCN(CC=C)C(=O)CS(=O)(=O)CC(=O)Nc1ccc(F)cc1. The number of anilines is 1. The average molecular weight is 354 g/mol. The first-order valence-corrected chi connectivity index (χ1v) is 8.85. The van der Waals surface area contributed by atoms with Crippen LogP contribution in [-0.4, -0.2) is 49.7 Å². The molecule has 0 heterocycles. The van der Waals surface area contributed by atoms with Crippen LogP contribution in [0.25, 0.3) is 0 Å². The smallest absolute Gasteiger partial charge is 0.239 e. The van der Waals surface area contributed by atoms with Crippen LogP contribution in [0, 0.1) is 5.82 Å². The number of rotatable bonds is 9. The van der Waals surface area contributed by atoms with Crippen LogP contribution in [0.15, 0.2) is 49.6 Å². The van der Waals surface area contributed by atoms with E-state index in [2.05, 4.69) is 18.5 Å².